The minimum atomic E-state index is -4.47. The third-order valence-corrected chi connectivity index (χ3v) is 6.92. The largest absolute Gasteiger partial charge is 0.506 e. The van der Waals surface area contributed by atoms with Gasteiger partial charge in [-0.3, -0.25) is 20.3 Å². The molecule has 176 valence electrons. The number of rotatable bonds is 8. The highest BCUT2D eigenvalue weighted by molar-refractivity contribution is 9.11. The summed E-state index contributed by atoms with van der Waals surface area (Å²) in [6.45, 7) is 0. The Hall–Kier alpha value is -3.49. The average Bonchev–Trinajstić information content (AvgIpc) is 2.77. The van der Waals surface area contributed by atoms with E-state index >= 15 is 0 Å². The summed E-state index contributed by atoms with van der Waals surface area (Å²) in [6.07, 6.45) is 1.33. The second-order valence-electron chi connectivity index (χ2n) is 6.60. The minimum absolute atomic E-state index is 0.0124. The van der Waals surface area contributed by atoms with Crippen molar-refractivity contribution in [3.05, 3.63) is 84.8 Å². The Balaban J connectivity index is 1.99. The van der Waals surface area contributed by atoms with Crippen molar-refractivity contribution < 1.29 is 28.3 Å². The van der Waals surface area contributed by atoms with Crippen molar-refractivity contribution >= 4 is 71.1 Å². The van der Waals surface area contributed by atoms with Gasteiger partial charge in [0.1, 0.15) is 10.6 Å². The van der Waals surface area contributed by atoms with E-state index < -0.39 is 31.5 Å². The Morgan fingerprint density at radius 1 is 1.06 bits per heavy atom. The number of benzene rings is 3. The Bertz CT molecular complexity index is 1410. The van der Waals surface area contributed by atoms with Crippen LogP contribution in [-0.4, -0.2) is 35.7 Å². The molecule has 34 heavy (non-hydrogen) atoms. The molecule has 3 rings (SSSR count). The lowest BCUT2D eigenvalue weighted by molar-refractivity contribution is -0.385. The number of hydrazone groups is 1. The molecule has 0 saturated carbocycles. The summed E-state index contributed by atoms with van der Waals surface area (Å²) in [5.74, 6) is -1.37. The fraction of sp³-hybridized carbons (Fsp3) is 0. The van der Waals surface area contributed by atoms with Gasteiger partial charge in [-0.2, -0.15) is 5.10 Å². The maximum absolute atomic E-state index is 13.1. The van der Waals surface area contributed by atoms with Crippen LogP contribution in [0.3, 0.4) is 0 Å². The molecule has 0 atom stereocenters. The Labute approximate surface area is 209 Å². The number of hydrogen-bond donors (Lipinski definition) is 4. The van der Waals surface area contributed by atoms with E-state index in [1.165, 1.54) is 30.5 Å². The fourth-order valence-corrected chi connectivity index (χ4v) is 5.21. The molecule has 0 unspecified atom stereocenters. The number of nitrogens with one attached hydrogen (secondary N) is 2. The number of anilines is 2. The van der Waals surface area contributed by atoms with E-state index in [2.05, 4.69) is 47.1 Å². The molecule has 0 saturated heterocycles. The van der Waals surface area contributed by atoms with E-state index in [-0.39, 0.29) is 22.7 Å². The molecule has 0 radical (unpaired) electrons. The third kappa shape index (κ3) is 5.70. The lowest BCUT2D eigenvalue weighted by Gasteiger charge is -2.13. The molecule has 0 amide bonds. The van der Waals surface area contributed by atoms with E-state index in [4.69, 9.17) is 0 Å². The molecule has 0 aliphatic carbocycles. The molecule has 0 fully saturated rings. The lowest BCUT2D eigenvalue weighted by atomic mass is 10.2. The lowest BCUT2D eigenvalue weighted by Crippen LogP contribution is -2.17. The predicted molar refractivity (Wildman–Crippen MR) is 132 cm³/mol. The van der Waals surface area contributed by atoms with Gasteiger partial charge in [0.05, 0.1) is 37.0 Å². The molecular formula is C20H14Br2N4O7S. The zero-order chi connectivity index (χ0) is 25.0. The quantitative estimate of drug-likeness (QED) is 0.160. The zero-order valence-corrected chi connectivity index (χ0v) is 20.8. The van der Waals surface area contributed by atoms with Crippen molar-refractivity contribution in [3.8, 4) is 5.75 Å². The highest BCUT2D eigenvalue weighted by atomic mass is 79.9. The summed E-state index contributed by atoms with van der Waals surface area (Å²) in [4.78, 5) is 21.4. The second-order valence-corrected chi connectivity index (χ2v) is 9.96. The molecule has 4 N–H and O–H groups in total. The number of nitro benzene ring substituents is 1. The normalized spacial score (nSPS) is 11.4. The number of phenols is 1. The highest BCUT2D eigenvalue weighted by Crippen LogP contribution is 2.33. The van der Waals surface area contributed by atoms with Gasteiger partial charge in [-0.25, -0.2) is 13.2 Å². The van der Waals surface area contributed by atoms with Gasteiger partial charge in [0.25, 0.3) is 15.7 Å². The number of halogens is 2. The van der Waals surface area contributed by atoms with Crippen molar-refractivity contribution in [1.82, 2.24) is 0 Å². The molecule has 0 aliphatic rings. The van der Waals surface area contributed by atoms with Crippen molar-refractivity contribution in [3.63, 3.8) is 0 Å². The van der Waals surface area contributed by atoms with E-state index in [1.807, 2.05) is 0 Å². The Morgan fingerprint density at radius 2 is 1.71 bits per heavy atom. The number of carboxylic acids is 1. The maximum Gasteiger partial charge on any atom is 0.337 e. The minimum Gasteiger partial charge on any atom is -0.506 e. The number of phenolic OH excluding ortho intramolecular Hbond substituents is 1. The summed E-state index contributed by atoms with van der Waals surface area (Å²) in [7, 11) is -4.47. The van der Waals surface area contributed by atoms with Gasteiger partial charge >= 0.3 is 5.97 Å². The van der Waals surface area contributed by atoms with Crippen LogP contribution in [0.5, 0.6) is 5.75 Å². The standard InChI is InChI=1S/C20H14Br2N4O7S/c21-14-7-11(8-15(22)19(14)27)10-23-24-17-6-5-12(26(30)31)9-18(17)34(32,33)25-16-4-2-1-3-13(16)20(28)29/h1-10,24-25,27H,(H,28,29). The third-order valence-electron chi connectivity index (χ3n) is 4.31. The van der Waals surface area contributed by atoms with Crippen molar-refractivity contribution in [2.24, 2.45) is 5.10 Å². The number of non-ortho nitro benzene ring substituents is 1. The van der Waals surface area contributed by atoms with Crippen LogP contribution in [0.15, 0.2) is 73.5 Å². The van der Waals surface area contributed by atoms with Crippen LogP contribution in [0, 0.1) is 10.1 Å². The van der Waals surface area contributed by atoms with Gasteiger partial charge in [-0.15, -0.1) is 0 Å². The number of carboxylic acid groups (broad SMARTS) is 1. The molecule has 11 nitrogen and oxygen atoms in total. The van der Waals surface area contributed by atoms with E-state index in [0.29, 0.717) is 14.5 Å². The first-order valence-electron chi connectivity index (χ1n) is 9.10. The zero-order valence-electron chi connectivity index (χ0n) is 16.8. The van der Waals surface area contributed by atoms with Crippen molar-refractivity contribution in [2.75, 3.05) is 10.1 Å². The Kier molecular flexibility index (Phi) is 7.54. The number of carbonyl (C=O) groups is 1. The first kappa shape index (κ1) is 25.1. The average molecular weight is 614 g/mol. The van der Waals surface area contributed by atoms with E-state index in [1.54, 1.807) is 12.1 Å². The number of hydrogen-bond acceptors (Lipinski definition) is 8. The van der Waals surface area contributed by atoms with Crippen LogP contribution in [-0.2, 0) is 10.0 Å². The summed E-state index contributed by atoms with van der Waals surface area (Å²) >= 11 is 6.37. The van der Waals surface area contributed by atoms with Crippen LogP contribution in [0.1, 0.15) is 15.9 Å². The van der Waals surface area contributed by atoms with E-state index in [0.717, 1.165) is 18.2 Å². The summed E-state index contributed by atoms with van der Waals surface area (Å²) < 4.78 is 29.1. The highest BCUT2D eigenvalue weighted by Gasteiger charge is 2.24. The predicted octanol–water partition coefficient (Wildman–Crippen LogP) is 4.77. The summed E-state index contributed by atoms with van der Waals surface area (Å²) in [6, 6.07) is 11.5. The Morgan fingerprint density at radius 3 is 2.32 bits per heavy atom. The first-order chi connectivity index (χ1) is 16.0. The SMILES string of the molecule is O=C(O)c1ccccc1NS(=O)(=O)c1cc([N+](=O)[O-])ccc1NN=Cc1cc(Br)c(O)c(Br)c1. The van der Waals surface area contributed by atoms with Crippen LogP contribution >= 0.6 is 31.9 Å². The number of sulfonamides is 1. The maximum atomic E-state index is 13.1. The number of para-hydroxylation sites is 1. The van der Waals surface area contributed by atoms with E-state index in [9.17, 15) is 33.5 Å². The molecule has 3 aromatic rings. The van der Waals surface area contributed by atoms with Crippen LogP contribution < -0.4 is 10.1 Å². The molecule has 0 aromatic heterocycles. The van der Waals surface area contributed by atoms with Crippen LogP contribution in [0.2, 0.25) is 0 Å². The number of aromatic carboxylic acids is 1. The molecule has 0 heterocycles. The van der Waals surface area contributed by atoms with Gasteiger partial charge < -0.3 is 10.2 Å². The number of nitrogens with zero attached hydrogens (tertiary/aromatic N) is 2. The van der Waals surface area contributed by atoms with Gasteiger partial charge in [-0.1, -0.05) is 12.1 Å². The molecule has 0 bridgehead atoms. The molecule has 0 spiro atoms. The van der Waals surface area contributed by atoms with Crippen molar-refractivity contribution in [2.45, 2.75) is 4.90 Å². The first-order valence-corrected chi connectivity index (χ1v) is 12.2. The second kappa shape index (κ2) is 10.2. The fourth-order valence-electron chi connectivity index (χ4n) is 2.73. The smallest absolute Gasteiger partial charge is 0.337 e. The van der Waals surface area contributed by atoms with Gasteiger partial charge in [-0.05, 0) is 67.8 Å². The molecular weight excluding hydrogens is 600 g/mol. The monoisotopic (exact) mass is 612 g/mol. The number of aromatic hydroxyl groups is 1. The number of nitro groups is 1. The molecule has 14 heteroatoms. The van der Waals surface area contributed by atoms with Gasteiger partial charge in [0.15, 0.2) is 0 Å². The summed E-state index contributed by atoms with van der Waals surface area (Å²) in [5, 5.41) is 34.3. The van der Waals surface area contributed by atoms with Crippen molar-refractivity contribution in [1.29, 1.82) is 0 Å². The summed E-state index contributed by atoms with van der Waals surface area (Å²) in [5.41, 5.74) is 1.96. The van der Waals surface area contributed by atoms with Gasteiger partial charge in [0, 0.05) is 12.1 Å². The topological polar surface area (TPSA) is 171 Å². The van der Waals surface area contributed by atoms with Crippen LogP contribution in [0.25, 0.3) is 0 Å². The molecule has 3 aromatic carbocycles. The van der Waals surface area contributed by atoms with Crippen LogP contribution in [0.4, 0.5) is 17.1 Å². The van der Waals surface area contributed by atoms with Gasteiger partial charge in [0.2, 0.25) is 0 Å². The molecule has 0 aliphatic heterocycles.